The minimum atomic E-state index is -0.705. The second kappa shape index (κ2) is 7.27. The molecule has 2 aromatic carbocycles. The topological polar surface area (TPSA) is 116 Å². The number of nitro groups is 1. The third-order valence-electron chi connectivity index (χ3n) is 3.17. The second-order valence-corrected chi connectivity index (χ2v) is 6.09. The van der Waals surface area contributed by atoms with Crippen LogP contribution in [0.2, 0.25) is 0 Å². The lowest BCUT2D eigenvalue weighted by atomic mass is 10.3. The Kier molecular flexibility index (Phi) is 4.89. The average molecular weight is 374 g/mol. The molecule has 0 saturated carbocycles. The molecule has 0 unspecified atom stereocenters. The summed E-state index contributed by atoms with van der Waals surface area (Å²) >= 11 is 0.930. The maximum Gasteiger partial charge on any atom is 0.286 e. The molecular weight excluding hydrogens is 363 g/mol. The van der Waals surface area contributed by atoms with Gasteiger partial charge >= 0.3 is 0 Å². The highest BCUT2D eigenvalue weighted by molar-refractivity contribution is 7.99. The molecule has 132 valence electrons. The van der Waals surface area contributed by atoms with E-state index in [1.807, 2.05) is 0 Å². The predicted molar refractivity (Wildman–Crippen MR) is 90.6 cm³/mol. The van der Waals surface area contributed by atoms with Gasteiger partial charge in [-0.15, -0.1) is 5.10 Å². The van der Waals surface area contributed by atoms with Gasteiger partial charge in [-0.05, 0) is 52.5 Å². The minimum Gasteiger partial charge on any atom is -0.326 e. The fourth-order valence-electron chi connectivity index (χ4n) is 2.14. The van der Waals surface area contributed by atoms with Gasteiger partial charge in [-0.25, -0.2) is 4.39 Å². The maximum atomic E-state index is 13.3. The molecule has 3 aromatic rings. The van der Waals surface area contributed by atoms with Crippen molar-refractivity contribution in [1.29, 1.82) is 0 Å². The molecule has 26 heavy (non-hydrogen) atoms. The van der Waals surface area contributed by atoms with E-state index >= 15 is 0 Å². The number of hydrogen-bond donors (Lipinski definition) is 1. The van der Waals surface area contributed by atoms with Gasteiger partial charge in [-0.2, -0.15) is 4.68 Å². The van der Waals surface area contributed by atoms with Crippen molar-refractivity contribution in [3.63, 3.8) is 0 Å². The molecule has 0 fully saturated rings. The fraction of sp³-hybridized carbons (Fsp3) is 0.0667. The van der Waals surface area contributed by atoms with Crippen LogP contribution < -0.4 is 5.32 Å². The first-order valence-electron chi connectivity index (χ1n) is 7.22. The van der Waals surface area contributed by atoms with Gasteiger partial charge in [0.05, 0.1) is 21.6 Å². The normalized spacial score (nSPS) is 10.5. The largest absolute Gasteiger partial charge is 0.326 e. The van der Waals surface area contributed by atoms with Crippen LogP contribution in [0, 0.1) is 15.9 Å². The highest BCUT2D eigenvalue weighted by Crippen LogP contribution is 2.34. The van der Waals surface area contributed by atoms with Gasteiger partial charge < -0.3 is 5.32 Å². The Balaban J connectivity index is 1.95. The van der Waals surface area contributed by atoms with Gasteiger partial charge in [-0.3, -0.25) is 14.9 Å². The van der Waals surface area contributed by atoms with Crippen molar-refractivity contribution in [2.24, 2.45) is 0 Å². The number of nitrogens with one attached hydrogen (secondary N) is 1. The highest BCUT2D eigenvalue weighted by atomic mass is 32.2. The van der Waals surface area contributed by atoms with Gasteiger partial charge in [-0.1, -0.05) is 6.07 Å². The molecule has 0 atom stereocenters. The molecule has 9 nitrogen and oxygen atoms in total. The number of tetrazole rings is 1. The number of halogens is 1. The Morgan fingerprint density at radius 2 is 2.12 bits per heavy atom. The summed E-state index contributed by atoms with van der Waals surface area (Å²) in [6, 6.07) is 10.0. The van der Waals surface area contributed by atoms with Crippen molar-refractivity contribution in [3.05, 3.63) is 58.4 Å². The first-order chi connectivity index (χ1) is 12.4. The Bertz CT molecular complexity index is 993. The van der Waals surface area contributed by atoms with E-state index in [9.17, 15) is 19.3 Å². The number of carbonyl (C=O) groups excluding carboxylic acids is 1. The number of nitrogens with zero attached hydrogens (tertiary/aromatic N) is 5. The Labute approximate surface area is 150 Å². The van der Waals surface area contributed by atoms with Crippen molar-refractivity contribution in [1.82, 2.24) is 20.2 Å². The standard InChI is InChI=1S/C15H11FN6O3S/c1-9(23)17-11-3-2-4-12(8-11)21-15(18-19-20-21)26-14-6-5-10(16)7-13(14)22(24)25/h2-8H,1H3,(H,17,23). The SMILES string of the molecule is CC(=O)Nc1cccc(-n2nnnc2Sc2ccc(F)cc2[N+](=O)[O-])c1. The van der Waals surface area contributed by atoms with E-state index < -0.39 is 10.7 Å². The second-order valence-electron chi connectivity index (χ2n) is 5.08. The molecule has 1 heterocycles. The van der Waals surface area contributed by atoms with E-state index in [4.69, 9.17) is 0 Å². The number of aromatic nitrogens is 4. The molecule has 0 saturated heterocycles. The average Bonchev–Trinajstić information content (AvgIpc) is 3.04. The zero-order valence-corrected chi connectivity index (χ0v) is 14.1. The predicted octanol–water partition coefficient (Wildman–Crippen LogP) is 2.82. The number of benzene rings is 2. The third-order valence-corrected chi connectivity index (χ3v) is 4.17. The van der Waals surface area contributed by atoms with Gasteiger partial charge in [0.25, 0.3) is 5.69 Å². The summed E-state index contributed by atoms with van der Waals surface area (Å²) in [7, 11) is 0. The first-order valence-corrected chi connectivity index (χ1v) is 8.04. The van der Waals surface area contributed by atoms with Crippen molar-refractivity contribution in [2.75, 3.05) is 5.32 Å². The molecule has 1 aromatic heterocycles. The van der Waals surface area contributed by atoms with E-state index in [0.717, 1.165) is 23.9 Å². The van der Waals surface area contributed by atoms with Crippen LogP contribution in [0.4, 0.5) is 15.8 Å². The summed E-state index contributed by atoms with van der Waals surface area (Å²) < 4.78 is 14.6. The van der Waals surface area contributed by atoms with Crippen LogP contribution >= 0.6 is 11.8 Å². The van der Waals surface area contributed by atoms with Crippen LogP contribution in [0.1, 0.15) is 6.92 Å². The van der Waals surface area contributed by atoms with Crippen LogP contribution in [0.25, 0.3) is 5.69 Å². The zero-order chi connectivity index (χ0) is 18.7. The summed E-state index contributed by atoms with van der Waals surface area (Å²) in [5.41, 5.74) is 0.722. The summed E-state index contributed by atoms with van der Waals surface area (Å²) in [5.74, 6) is -0.931. The summed E-state index contributed by atoms with van der Waals surface area (Å²) in [5, 5.41) is 25.4. The lowest BCUT2D eigenvalue weighted by Gasteiger charge is -2.07. The third kappa shape index (κ3) is 3.83. The van der Waals surface area contributed by atoms with E-state index in [2.05, 4.69) is 20.8 Å². The molecule has 0 aliphatic carbocycles. The molecule has 0 radical (unpaired) electrons. The number of carbonyl (C=O) groups is 1. The first kappa shape index (κ1) is 17.5. The fourth-order valence-corrected chi connectivity index (χ4v) is 3.02. The lowest BCUT2D eigenvalue weighted by Crippen LogP contribution is -2.07. The van der Waals surface area contributed by atoms with Crippen LogP contribution in [-0.2, 0) is 4.79 Å². The minimum absolute atomic E-state index is 0.200. The van der Waals surface area contributed by atoms with Crippen molar-refractivity contribution in [3.8, 4) is 5.69 Å². The van der Waals surface area contributed by atoms with E-state index in [-0.39, 0.29) is 21.6 Å². The number of hydrogen-bond acceptors (Lipinski definition) is 7. The molecule has 3 rings (SSSR count). The summed E-state index contributed by atoms with van der Waals surface area (Å²) in [4.78, 5) is 21.9. The van der Waals surface area contributed by atoms with Crippen LogP contribution in [-0.4, -0.2) is 31.0 Å². The van der Waals surface area contributed by atoms with E-state index in [1.54, 1.807) is 24.3 Å². The van der Waals surface area contributed by atoms with Gasteiger partial charge in [0, 0.05) is 12.6 Å². The smallest absolute Gasteiger partial charge is 0.286 e. The number of rotatable bonds is 5. The molecule has 1 N–H and O–H groups in total. The number of amides is 1. The molecule has 0 aliphatic heterocycles. The Hall–Kier alpha value is -3.34. The molecule has 1 amide bonds. The van der Waals surface area contributed by atoms with Crippen LogP contribution in [0.3, 0.4) is 0 Å². The van der Waals surface area contributed by atoms with Crippen LogP contribution in [0.5, 0.6) is 0 Å². The monoisotopic (exact) mass is 374 g/mol. The molecular formula is C15H11FN6O3S. The summed E-state index contributed by atoms with van der Waals surface area (Å²) in [6.45, 7) is 1.39. The van der Waals surface area contributed by atoms with Gasteiger partial charge in [0.1, 0.15) is 5.82 Å². The molecule has 11 heteroatoms. The Morgan fingerprint density at radius 1 is 1.31 bits per heavy atom. The van der Waals surface area contributed by atoms with Crippen molar-refractivity contribution >= 4 is 29.0 Å². The van der Waals surface area contributed by atoms with Crippen molar-refractivity contribution in [2.45, 2.75) is 17.0 Å². The summed E-state index contributed by atoms with van der Waals surface area (Å²) in [6.07, 6.45) is 0. The molecule has 0 spiro atoms. The van der Waals surface area contributed by atoms with E-state index in [0.29, 0.717) is 11.4 Å². The van der Waals surface area contributed by atoms with Crippen LogP contribution in [0.15, 0.2) is 52.5 Å². The number of nitro benzene ring substituents is 1. The molecule has 0 aliphatic rings. The number of anilines is 1. The molecule has 0 bridgehead atoms. The van der Waals surface area contributed by atoms with Gasteiger partial charge in [0.15, 0.2) is 0 Å². The quantitative estimate of drug-likeness (QED) is 0.539. The van der Waals surface area contributed by atoms with Gasteiger partial charge in [0.2, 0.25) is 11.1 Å². The highest BCUT2D eigenvalue weighted by Gasteiger charge is 2.19. The lowest BCUT2D eigenvalue weighted by molar-refractivity contribution is -0.387. The Morgan fingerprint density at radius 3 is 2.85 bits per heavy atom. The van der Waals surface area contributed by atoms with Crippen molar-refractivity contribution < 1.29 is 14.1 Å². The maximum absolute atomic E-state index is 13.3. The van der Waals surface area contributed by atoms with E-state index in [1.165, 1.54) is 17.7 Å². The zero-order valence-electron chi connectivity index (χ0n) is 13.3.